The maximum Gasteiger partial charge on any atom is 0.0822 e. The first kappa shape index (κ1) is 11.7. The van der Waals surface area contributed by atoms with Gasteiger partial charge in [0.1, 0.15) is 0 Å². The van der Waals surface area contributed by atoms with E-state index in [1.165, 1.54) is 0 Å². The number of pyridine rings is 1. The zero-order valence-corrected chi connectivity index (χ0v) is 10.5. The molecule has 4 heteroatoms. The van der Waals surface area contributed by atoms with E-state index in [9.17, 15) is 0 Å². The van der Waals surface area contributed by atoms with E-state index >= 15 is 0 Å². The zero-order chi connectivity index (χ0) is 11.8. The molecule has 1 aliphatic rings. The van der Waals surface area contributed by atoms with Gasteiger partial charge in [-0.05, 0) is 17.9 Å². The number of aromatic nitrogens is 1. The maximum absolute atomic E-state index is 6.15. The fourth-order valence-corrected chi connectivity index (χ4v) is 2.44. The Morgan fingerprint density at radius 1 is 1.56 bits per heavy atom. The molecule has 1 aromatic heterocycles. The van der Waals surface area contributed by atoms with Crippen LogP contribution in [-0.4, -0.2) is 24.1 Å². The average molecular weight is 240 g/mol. The monoisotopic (exact) mass is 239 g/mol. The van der Waals surface area contributed by atoms with Crippen LogP contribution in [-0.2, 0) is 0 Å². The Morgan fingerprint density at radius 3 is 2.94 bits per heavy atom. The maximum atomic E-state index is 6.15. The molecule has 1 aromatic rings. The lowest BCUT2D eigenvalue weighted by Crippen LogP contribution is -2.52. The van der Waals surface area contributed by atoms with Gasteiger partial charge in [0.25, 0.3) is 0 Å². The molecule has 0 bridgehead atoms. The van der Waals surface area contributed by atoms with Gasteiger partial charge < -0.3 is 10.6 Å². The second kappa shape index (κ2) is 4.22. The minimum Gasteiger partial charge on any atom is -0.370 e. The van der Waals surface area contributed by atoms with Gasteiger partial charge in [-0.25, -0.2) is 0 Å². The lowest BCUT2D eigenvalue weighted by molar-refractivity contribution is 0.245. The fourth-order valence-electron chi connectivity index (χ4n) is 2.20. The summed E-state index contributed by atoms with van der Waals surface area (Å²) in [5, 5.41) is 0.716. The predicted molar refractivity (Wildman–Crippen MR) is 67.8 cm³/mol. The summed E-state index contributed by atoms with van der Waals surface area (Å²) in [5.74, 6) is 0. The summed E-state index contributed by atoms with van der Waals surface area (Å²) in [5.41, 5.74) is 7.32. The highest BCUT2D eigenvalue weighted by molar-refractivity contribution is 6.33. The van der Waals surface area contributed by atoms with Crippen LogP contribution in [0.1, 0.15) is 20.3 Å². The highest BCUT2D eigenvalue weighted by Crippen LogP contribution is 2.33. The predicted octanol–water partition coefficient (Wildman–Crippen LogP) is 2.30. The summed E-state index contributed by atoms with van der Waals surface area (Å²) >= 11 is 6.15. The molecule has 0 aliphatic carbocycles. The SMILES string of the molecule is CC1(C)CN(c2ccncc2Cl)CCC1N. The average Bonchev–Trinajstić information content (AvgIpc) is 2.23. The first-order valence-electron chi connectivity index (χ1n) is 5.61. The lowest BCUT2D eigenvalue weighted by atomic mass is 9.79. The van der Waals surface area contributed by atoms with Gasteiger partial charge in [0.2, 0.25) is 0 Å². The van der Waals surface area contributed by atoms with Gasteiger partial charge in [-0.15, -0.1) is 0 Å². The smallest absolute Gasteiger partial charge is 0.0822 e. The third-order valence-corrected chi connectivity index (χ3v) is 3.70. The van der Waals surface area contributed by atoms with Crippen LogP contribution in [0.15, 0.2) is 18.5 Å². The Bertz CT molecular complexity index is 378. The second-order valence-corrected chi connectivity index (χ2v) is 5.54. The van der Waals surface area contributed by atoms with Gasteiger partial charge in [0.15, 0.2) is 0 Å². The lowest BCUT2D eigenvalue weighted by Gasteiger charge is -2.43. The Balaban J connectivity index is 2.21. The summed E-state index contributed by atoms with van der Waals surface area (Å²) in [7, 11) is 0. The van der Waals surface area contributed by atoms with Gasteiger partial charge in [0.05, 0.1) is 10.7 Å². The van der Waals surface area contributed by atoms with Gasteiger partial charge in [-0.3, -0.25) is 4.98 Å². The molecule has 0 saturated carbocycles. The summed E-state index contributed by atoms with van der Waals surface area (Å²) in [6.45, 7) is 6.32. The van der Waals surface area contributed by atoms with E-state index in [0.717, 1.165) is 25.2 Å². The van der Waals surface area contributed by atoms with Crippen LogP contribution in [0.25, 0.3) is 0 Å². The number of nitrogens with zero attached hydrogens (tertiary/aromatic N) is 2. The van der Waals surface area contributed by atoms with E-state index in [0.29, 0.717) is 5.02 Å². The summed E-state index contributed by atoms with van der Waals surface area (Å²) in [6, 6.07) is 2.24. The van der Waals surface area contributed by atoms with Crippen molar-refractivity contribution in [3.05, 3.63) is 23.5 Å². The highest BCUT2D eigenvalue weighted by atomic mass is 35.5. The summed E-state index contributed by atoms with van der Waals surface area (Å²) < 4.78 is 0. The number of halogens is 1. The van der Waals surface area contributed by atoms with Gasteiger partial charge >= 0.3 is 0 Å². The highest BCUT2D eigenvalue weighted by Gasteiger charge is 2.33. The number of hydrogen-bond donors (Lipinski definition) is 1. The molecule has 1 saturated heterocycles. The normalized spacial score (nSPS) is 24.5. The van der Waals surface area contributed by atoms with Crippen LogP contribution in [0.3, 0.4) is 0 Å². The molecular weight excluding hydrogens is 222 g/mol. The van der Waals surface area contributed by atoms with E-state index in [2.05, 4.69) is 23.7 Å². The van der Waals surface area contributed by atoms with Crippen molar-refractivity contribution in [2.24, 2.45) is 11.1 Å². The molecule has 1 unspecified atom stereocenters. The van der Waals surface area contributed by atoms with Crippen molar-refractivity contribution in [2.75, 3.05) is 18.0 Å². The molecule has 0 aromatic carbocycles. The van der Waals surface area contributed by atoms with Crippen molar-refractivity contribution in [1.82, 2.24) is 4.98 Å². The van der Waals surface area contributed by atoms with E-state index in [1.54, 1.807) is 12.4 Å². The number of piperidine rings is 1. The molecule has 1 fully saturated rings. The van der Waals surface area contributed by atoms with E-state index in [4.69, 9.17) is 17.3 Å². The topological polar surface area (TPSA) is 42.2 Å². The first-order chi connectivity index (χ1) is 7.50. The van der Waals surface area contributed by atoms with E-state index < -0.39 is 0 Å². The van der Waals surface area contributed by atoms with Crippen LogP contribution in [0.2, 0.25) is 5.02 Å². The molecule has 1 aliphatic heterocycles. The van der Waals surface area contributed by atoms with Gasteiger partial charge in [0, 0.05) is 31.5 Å². The summed E-state index contributed by atoms with van der Waals surface area (Å²) in [4.78, 5) is 6.31. The van der Waals surface area contributed by atoms with Crippen molar-refractivity contribution in [3.8, 4) is 0 Å². The number of hydrogen-bond acceptors (Lipinski definition) is 3. The van der Waals surface area contributed by atoms with Crippen molar-refractivity contribution < 1.29 is 0 Å². The second-order valence-electron chi connectivity index (χ2n) is 5.13. The Hall–Kier alpha value is -0.800. The van der Waals surface area contributed by atoms with E-state index in [1.807, 2.05) is 6.07 Å². The Morgan fingerprint density at radius 2 is 2.31 bits per heavy atom. The molecule has 0 amide bonds. The van der Waals surface area contributed by atoms with Crippen molar-refractivity contribution in [1.29, 1.82) is 0 Å². The van der Waals surface area contributed by atoms with Crippen LogP contribution in [0, 0.1) is 5.41 Å². The standard InChI is InChI=1S/C12H18ClN3/c1-12(2)8-16(6-4-11(12)14)10-3-5-15-7-9(10)13/h3,5,7,11H,4,6,8,14H2,1-2H3. The van der Waals surface area contributed by atoms with Gasteiger partial charge in [-0.1, -0.05) is 25.4 Å². The quantitative estimate of drug-likeness (QED) is 0.818. The molecular formula is C12H18ClN3. The Labute approximate surface area is 102 Å². The molecule has 1 atom stereocenters. The van der Waals surface area contributed by atoms with Crippen molar-refractivity contribution in [2.45, 2.75) is 26.3 Å². The molecule has 0 spiro atoms. The van der Waals surface area contributed by atoms with Crippen LogP contribution >= 0.6 is 11.6 Å². The molecule has 0 radical (unpaired) electrons. The van der Waals surface area contributed by atoms with Crippen molar-refractivity contribution >= 4 is 17.3 Å². The molecule has 16 heavy (non-hydrogen) atoms. The largest absolute Gasteiger partial charge is 0.370 e. The molecule has 2 rings (SSSR count). The zero-order valence-electron chi connectivity index (χ0n) is 9.78. The van der Waals surface area contributed by atoms with Crippen molar-refractivity contribution in [3.63, 3.8) is 0 Å². The first-order valence-corrected chi connectivity index (χ1v) is 5.98. The summed E-state index contributed by atoms with van der Waals surface area (Å²) in [6.07, 6.45) is 4.48. The third-order valence-electron chi connectivity index (χ3n) is 3.40. The van der Waals surface area contributed by atoms with E-state index in [-0.39, 0.29) is 11.5 Å². The fraction of sp³-hybridized carbons (Fsp3) is 0.583. The molecule has 2 N–H and O–H groups in total. The van der Waals surface area contributed by atoms with Crippen LogP contribution in [0.4, 0.5) is 5.69 Å². The Kier molecular flexibility index (Phi) is 3.08. The van der Waals surface area contributed by atoms with Gasteiger partial charge in [-0.2, -0.15) is 0 Å². The third kappa shape index (κ3) is 2.15. The number of anilines is 1. The minimum absolute atomic E-state index is 0.130. The van der Waals surface area contributed by atoms with Crippen LogP contribution in [0.5, 0.6) is 0 Å². The number of nitrogens with two attached hydrogens (primary N) is 1. The number of rotatable bonds is 1. The minimum atomic E-state index is 0.130. The molecule has 2 heterocycles. The van der Waals surface area contributed by atoms with Crippen LogP contribution < -0.4 is 10.6 Å². The molecule has 3 nitrogen and oxygen atoms in total. The molecule has 88 valence electrons.